The molecule has 0 bridgehead atoms. The Hall–Kier alpha value is -4.10. The third-order valence-electron chi connectivity index (χ3n) is 8.28. The number of nitrogens with zero attached hydrogens (tertiary/aromatic N) is 2. The summed E-state index contributed by atoms with van der Waals surface area (Å²) >= 11 is 1.44. The number of carbonyl (C=O) groups excluding carboxylic acids is 5. The zero-order valence-corrected chi connectivity index (χ0v) is 32.3. The summed E-state index contributed by atoms with van der Waals surface area (Å²) in [6.07, 6.45) is -1.81. The maximum absolute atomic E-state index is 14.7. The largest absolute Gasteiger partial charge is 0.483 e. The third-order valence-corrected chi connectivity index (χ3v) is 9.66. The number of amides is 4. The SMILES string of the molecule is Cc1cccc(C)c1OCC(=O)N[C@@H](Cc1ccccc1)[C@H](OC(=O)CCC(=O)NCCN(C)C)C(=O)N1CSC(C)(C)[C@H]1C(=O)NC(C)(C)C. The molecule has 2 aromatic carbocycles. The second kappa shape index (κ2) is 18.4. The molecule has 4 amide bonds. The van der Waals surface area contributed by atoms with E-state index < -0.39 is 46.3 Å². The molecule has 1 aliphatic rings. The number of aryl methyl sites for hydroxylation is 2. The predicted octanol–water partition coefficient (Wildman–Crippen LogP) is 3.37. The first-order valence-corrected chi connectivity index (χ1v) is 18.3. The summed E-state index contributed by atoms with van der Waals surface area (Å²) in [7, 11) is 3.77. The van der Waals surface area contributed by atoms with E-state index in [4.69, 9.17) is 9.47 Å². The maximum atomic E-state index is 14.7. The predicted molar refractivity (Wildman–Crippen MR) is 199 cm³/mol. The van der Waals surface area contributed by atoms with Crippen LogP contribution in [0.25, 0.3) is 0 Å². The average molecular weight is 726 g/mol. The molecule has 0 saturated carbocycles. The van der Waals surface area contributed by atoms with Gasteiger partial charge in [0.15, 0.2) is 6.61 Å². The first kappa shape index (κ1) is 41.3. The standard InChI is InChI=1S/C38H55N5O7S/c1-25-14-13-15-26(2)32(25)49-23-30(45)40-28(22-27-16-11-10-12-17-27)33(50-31(46)19-18-29(44)39-20-21-42(8)9)36(48)43-24-51-38(6,7)34(43)35(47)41-37(3,4)5/h10-17,28,33-34H,18-24H2,1-9H3,(H,39,44)(H,40,45)(H,41,47)/t28-,33-,34+/m0/s1. The fourth-order valence-corrected chi connectivity index (χ4v) is 6.90. The highest BCUT2D eigenvalue weighted by Gasteiger charge is 2.51. The smallest absolute Gasteiger partial charge is 0.307 e. The summed E-state index contributed by atoms with van der Waals surface area (Å²) in [4.78, 5) is 71.2. The van der Waals surface area contributed by atoms with Crippen LogP contribution in [0.3, 0.4) is 0 Å². The second-order valence-electron chi connectivity index (χ2n) is 14.8. The van der Waals surface area contributed by atoms with Crippen molar-refractivity contribution in [1.82, 2.24) is 25.8 Å². The topological polar surface area (TPSA) is 146 Å². The van der Waals surface area contributed by atoms with Gasteiger partial charge < -0.3 is 35.2 Å². The Morgan fingerprint density at radius 2 is 1.61 bits per heavy atom. The molecule has 3 N–H and O–H groups in total. The zero-order chi connectivity index (χ0) is 37.9. The van der Waals surface area contributed by atoms with E-state index in [1.165, 1.54) is 16.7 Å². The highest BCUT2D eigenvalue weighted by molar-refractivity contribution is 8.00. The number of nitrogens with one attached hydrogen (secondary N) is 3. The Morgan fingerprint density at radius 3 is 2.22 bits per heavy atom. The summed E-state index contributed by atoms with van der Waals surface area (Å²) in [5, 5.41) is 8.67. The molecule has 1 fully saturated rings. The van der Waals surface area contributed by atoms with E-state index >= 15 is 0 Å². The van der Waals surface area contributed by atoms with E-state index in [0.29, 0.717) is 18.8 Å². The van der Waals surface area contributed by atoms with Crippen LogP contribution in [-0.4, -0.2) is 108 Å². The first-order valence-electron chi connectivity index (χ1n) is 17.3. The number of hydrogen-bond donors (Lipinski definition) is 3. The van der Waals surface area contributed by atoms with E-state index in [0.717, 1.165) is 16.7 Å². The van der Waals surface area contributed by atoms with E-state index in [9.17, 15) is 24.0 Å². The van der Waals surface area contributed by atoms with Gasteiger partial charge in [0.25, 0.3) is 11.8 Å². The van der Waals surface area contributed by atoms with Gasteiger partial charge in [-0.2, -0.15) is 0 Å². The summed E-state index contributed by atoms with van der Waals surface area (Å²) in [5.41, 5.74) is 1.95. The molecule has 0 spiro atoms. The third kappa shape index (κ3) is 12.9. The van der Waals surface area contributed by atoms with Crippen LogP contribution in [-0.2, 0) is 35.1 Å². The van der Waals surface area contributed by atoms with E-state index in [1.54, 1.807) is 0 Å². The van der Waals surface area contributed by atoms with Gasteiger partial charge in [-0.15, -0.1) is 11.8 Å². The minimum absolute atomic E-state index is 0.133. The van der Waals surface area contributed by atoms with Crippen LogP contribution in [0.1, 0.15) is 64.2 Å². The molecular weight excluding hydrogens is 671 g/mol. The fourth-order valence-electron chi connectivity index (χ4n) is 5.76. The van der Waals surface area contributed by atoms with Crippen molar-refractivity contribution in [3.05, 3.63) is 65.2 Å². The van der Waals surface area contributed by atoms with Crippen LogP contribution in [0.5, 0.6) is 5.75 Å². The Bertz CT molecular complexity index is 1510. The van der Waals surface area contributed by atoms with Gasteiger partial charge >= 0.3 is 5.97 Å². The zero-order valence-electron chi connectivity index (χ0n) is 31.5. The quantitative estimate of drug-likeness (QED) is 0.222. The molecule has 1 aliphatic heterocycles. The number of benzene rings is 2. The molecule has 1 heterocycles. The highest BCUT2D eigenvalue weighted by atomic mass is 32.2. The van der Waals surface area contributed by atoms with E-state index in [2.05, 4.69) is 16.0 Å². The molecule has 0 radical (unpaired) electrons. The van der Waals surface area contributed by atoms with Crippen molar-refractivity contribution in [2.75, 3.05) is 39.7 Å². The lowest BCUT2D eigenvalue weighted by atomic mass is 9.96. The number of para-hydroxylation sites is 1. The average Bonchev–Trinajstić information content (AvgIpc) is 3.36. The van der Waals surface area contributed by atoms with Gasteiger partial charge in [-0.05, 0) is 85.7 Å². The van der Waals surface area contributed by atoms with Crippen molar-refractivity contribution >= 4 is 41.4 Å². The van der Waals surface area contributed by atoms with Crippen LogP contribution in [0, 0.1) is 13.8 Å². The lowest BCUT2D eigenvalue weighted by Gasteiger charge is -2.36. The number of hydrogen-bond acceptors (Lipinski definition) is 9. The molecule has 280 valence electrons. The van der Waals surface area contributed by atoms with Crippen LogP contribution < -0.4 is 20.7 Å². The number of thioether (sulfide) groups is 1. The summed E-state index contributed by atoms with van der Waals surface area (Å²) in [5.74, 6) is -1.84. The Morgan fingerprint density at radius 1 is 0.961 bits per heavy atom. The Labute approximate surface area is 306 Å². The molecule has 0 aliphatic carbocycles. The normalized spacial score (nSPS) is 16.6. The summed E-state index contributed by atoms with van der Waals surface area (Å²) < 4.78 is 11.2. The molecule has 0 unspecified atom stereocenters. The number of likely N-dealkylation sites (N-methyl/N-ethyl adjacent to an activating group) is 1. The van der Waals surface area contributed by atoms with Crippen molar-refractivity contribution in [2.45, 2.75) is 96.2 Å². The van der Waals surface area contributed by atoms with Gasteiger partial charge in [0.2, 0.25) is 17.9 Å². The lowest BCUT2D eigenvalue weighted by Crippen LogP contribution is -2.61. The van der Waals surface area contributed by atoms with Gasteiger partial charge in [0.1, 0.15) is 11.8 Å². The van der Waals surface area contributed by atoms with Crippen molar-refractivity contribution in [3.63, 3.8) is 0 Å². The minimum atomic E-state index is -1.52. The molecule has 13 heteroatoms. The van der Waals surface area contributed by atoms with Crippen LogP contribution in [0.15, 0.2) is 48.5 Å². The van der Waals surface area contributed by atoms with Gasteiger partial charge in [0, 0.05) is 29.8 Å². The Kier molecular flexibility index (Phi) is 14.9. The van der Waals surface area contributed by atoms with Gasteiger partial charge in [-0.25, -0.2) is 0 Å². The van der Waals surface area contributed by atoms with Crippen LogP contribution in [0.2, 0.25) is 0 Å². The molecule has 3 atom stereocenters. The molecule has 3 rings (SSSR count). The number of esters is 1. The highest BCUT2D eigenvalue weighted by Crippen LogP contribution is 2.40. The number of carbonyl (C=O) groups is 5. The molecule has 2 aromatic rings. The number of ether oxygens (including phenoxy) is 2. The number of rotatable bonds is 16. The van der Waals surface area contributed by atoms with Crippen molar-refractivity contribution in [2.24, 2.45) is 0 Å². The monoisotopic (exact) mass is 725 g/mol. The maximum Gasteiger partial charge on any atom is 0.307 e. The van der Waals surface area contributed by atoms with Crippen LogP contribution >= 0.6 is 11.8 Å². The van der Waals surface area contributed by atoms with Gasteiger partial charge in [0.05, 0.1) is 18.3 Å². The van der Waals surface area contributed by atoms with E-state index in [-0.39, 0.29) is 43.6 Å². The van der Waals surface area contributed by atoms with Crippen molar-refractivity contribution in [1.29, 1.82) is 0 Å². The first-order chi connectivity index (χ1) is 23.9. The lowest BCUT2D eigenvalue weighted by molar-refractivity contribution is -0.164. The Balaban J connectivity index is 1.95. The molecule has 0 aromatic heterocycles. The molecule has 51 heavy (non-hydrogen) atoms. The van der Waals surface area contributed by atoms with Crippen LogP contribution in [0.4, 0.5) is 0 Å². The van der Waals surface area contributed by atoms with E-state index in [1.807, 2.05) is 116 Å². The summed E-state index contributed by atoms with van der Waals surface area (Å²) in [6.45, 7) is 13.8. The molecular formula is C38H55N5O7S. The minimum Gasteiger partial charge on any atom is -0.483 e. The molecule has 12 nitrogen and oxygen atoms in total. The van der Waals surface area contributed by atoms with Crippen molar-refractivity contribution in [3.8, 4) is 5.75 Å². The fraction of sp³-hybridized carbons (Fsp3) is 0.553. The van der Waals surface area contributed by atoms with Crippen molar-refractivity contribution < 1.29 is 33.4 Å². The van der Waals surface area contributed by atoms with Gasteiger partial charge in [-0.3, -0.25) is 24.0 Å². The molecule has 1 saturated heterocycles. The second-order valence-corrected chi connectivity index (χ2v) is 16.4. The summed E-state index contributed by atoms with van der Waals surface area (Å²) in [6, 6.07) is 13.0. The van der Waals surface area contributed by atoms with Gasteiger partial charge in [-0.1, -0.05) is 48.5 Å².